The third-order valence-electron chi connectivity index (χ3n) is 4.50. The van der Waals surface area contributed by atoms with Crippen molar-refractivity contribution in [2.24, 2.45) is 5.73 Å². The molecule has 140 valence electrons. The summed E-state index contributed by atoms with van der Waals surface area (Å²) in [5.74, 6) is -0.227. The largest absolute Gasteiger partial charge is 0.417 e. The molecule has 0 bridgehead atoms. The number of hydrogen-bond acceptors (Lipinski definition) is 2. The zero-order chi connectivity index (χ0) is 18.0. The molecule has 3 nitrogen and oxygen atoms in total. The zero-order valence-electron chi connectivity index (χ0n) is 13.9. The van der Waals surface area contributed by atoms with Gasteiger partial charge in [-0.05, 0) is 48.6 Å². The summed E-state index contributed by atoms with van der Waals surface area (Å²) in [7, 11) is 0. The van der Waals surface area contributed by atoms with Crippen molar-refractivity contribution in [2.75, 3.05) is 0 Å². The van der Waals surface area contributed by atoms with Crippen molar-refractivity contribution in [1.29, 1.82) is 0 Å². The van der Waals surface area contributed by atoms with Gasteiger partial charge in [0.05, 0.1) is 5.56 Å². The van der Waals surface area contributed by atoms with Crippen molar-refractivity contribution in [3.63, 3.8) is 0 Å². The van der Waals surface area contributed by atoms with E-state index >= 15 is 0 Å². The van der Waals surface area contributed by atoms with Gasteiger partial charge in [0.2, 0.25) is 0 Å². The first kappa shape index (κ1) is 20.3. The highest BCUT2D eigenvalue weighted by Gasteiger charge is 2.33. The molecule has 0 radical (unpaired) electrons. The third kappa shape index (κ3) is 4.56. The standard InChI is InChI=1S/C19H19F3N2O.ClH/c20-19(21,22)17-4-2-1-3-16(17)12-5-7-13(8-6-12)18(25)24-15-10-9-14(23)11-15;/h1-8,14-15H,9-11,23H2,(H,24,25);1H/t14-,15+;/m1./s1. The van der Waals surface area contributed by atoms with Gasteiger partial charge in [-0.25, -0.2) is 0 Å². The van der Waals surface area contributed by atoms with Crippen molar-refractivity contribution >= 4 is 18.3 Å². The van der Waals surface area contributed by atoms with E-state index < -0.39 is 11.7 Å². The van der Waals surface area contributed by atoms with Crippen molar-refractivity contribution in [3.8, 4) is 11.1 Å². The van der Waals surface area contributed by atoms with Gasteiger partial charge in [0.1, 0.15) is 0 Å². The first-order valence-corrected chi connectivity index (χ1v) is 8.17. The number of alkyl halides is 3. The lowest BCUT2D eigenvalue weighted by atomic mass is 9.98. The molecular formula is C19H20ClF3N2O. The average Bonchev–Trinajstić information content (AvgIpc) is 2.99. The lowest BCUT2D eigenvalue weighted by Gasteiger charge is -2.14. The van der Waals surface area contributed by atoms with Crippen molar-refractivity contribution in [3.05, 3.63) is 59.7 Å². The quantitative estimate of drug-likeness (QED) is 0.823. The predicted molar refractivity (Wildman–Crippen MR) is 97.2 cm³/mol. The van der Waals surface area contributed by atoms with Crippen LogP contribution in [0.1, 0.15) is 35.2 Å². The van der Waals surface area contributed by atoms with E-state index in [1.54, 1.807) is 30.3 Å². The van der Waals surface area contributed by atoms with Gasteiger partial charge in [-0.3, -0.25) is 4.79 Å². The van der Waals surface area contributed by atoms with Gasteiger partial charge < -0.3 is 11.1 Å². The minimum Gasteiger partial charge on any atom is -0.349 e. The highest BCUT2D eigenvalue weighted by Crippen LogP contribution is 2.36. The Hall–Kier alpha value is -2.05. The second-order valence-corrected chi connectivity index (χ2v) is 6.36. The van der Waals surface area contributed by atoms with Gasteiger partial charge in [-0.1, -0.05) is 30.3 Å². The van der Waals surface area contributed by atoms with Gasteiger partial charge >= 0.3 is 6.18 Å². The number of hydrogen-bond donors (Lipinski definition) is 2. The van der Waals surface area contributed by atoms with Gasteiger partial charge in [-0.2, -0.15) is 13.2 Å². The molecule has 26 heavy (non-hydrogen) atoms. The van der Waals surface area contributed by atoms with E-state index in [-0.39, 0.29) is 36.0 Å². The SMILES string of the molecule is Cl.N[C@@H]1CC[C@H](NC(=O)c2ccc(-c3ccccc3C(F)(F)F)cc2)C1. The number of carbonyl (C=O) groups excluding carboxylic acids is 1. The fourth-order valence-corrected chi connectivity index (χ4v) is 3.20. The van der Waals surface area contributed by atoms with Crippen LogP contribution < -0.4 is 11.1 Å². The number of nitrogens with two attached hydrogens (primary N) is 1. The average molecular weight is 385 g/mol. The number of halogens is 4. The Morgan fingerprint density at radius 1 is 1.04 bits per heavy atom. The summed E-state index contributed by atoms with van der Waals surface area (Å²) in [5.41, 5.74) is 6.09. The van der Waals surface area contributed by atoms with E-state index in [1.807, 2.05) is 0 Å². The van der Waals surface area contributed by atoms with Crippen LogP contribution in [0.25, 0.3) is 11.1 Å². The fraction of sp³-hybridized carbons (Fsp3) is 0.316. The summed E-state index contributed by atoms with van der Waals surface area (Å²) in [6.07, 6.45) is -1.93. The molecule has 3 rings (SSSR count). The lowest BCUT2D eigenvalue weighted by molar-refractivity contribution is -0.137. The molecule has 2 atom stereocenters. The van der Waals surface area contributed by atoms with E-state index in [0.29, 0.717) is 11.1 Å². The van der Waals surface area contributed by atoms with Gasteiger partial charge in [0.15, 0.2) is 0 Å². The van der Waals surface area contributed by atoms with E-state index in [1.165, 1.54) is 12.1 Å². The summed E-state index contributed by atoms with van der Waals surface area (Å²) in [6, 6.07) is 11.8. The summed E-state index contributed by atoms with van der Waals surface area (Å²) in [6.45, 7) is 0. The fourth-order valence-electron chi connectivity index (χ4n) is 3.20. The normalized spacial score (nSPS) is 19.7. The number of rotatable bonds is 3. The first-order valence-electron chi connectivity index (χ1n) is 8.17. The summed E-state index contributed by atoms with van der Waals surface area (Å²) < 4.78 is 39.4. The maximum Gasteiger partial charge on any atom is 0.417 e. The molecule has 1 saturated carbocycles. The van der Waals surface area contributed by atoms with Crippen LogP contribution in [0.5, 0.6) is 0 Å². The van der Waals surface area contributed by atoms with E-state index in [2.05, 4.69) is 5.32 Å². The van der Waals surface area contributed by atoms with Crippen LogP contribution in [0.3, 0.4) is 0 Å². The second-order valence-electron chi connectivity index (χ2n) is 6.36. The Labute approximate surface area is 156 Å². The molecule has 0 aromatic heterocycles. The first-order chi connectivity index (χ1) is 11.8. The molecule has 0 saturated heterocycles. The molecule has 0 heterocycles. The molecule has 2 aromatic rings. The number of nitrogens with one attached hydrogen (secondary N) is 1. The van der Waals surface area contributed by atoms with Crippen molar-refractivity contribution < 1.29 is 18.0 Å². The van der Waals surface area contributed by atoms with Crippen LogP contribution in [-0.2, 0) is 6.18 Å². The molecule has 2 aromatic carbocycles. The monoisotopic (exact) mass is 384 g/mol. The van der Waals surface area contributed by atoms with E-state index in [4.69, 9.17) is 5.73 Å². The molecule has 1 aliphatic carbocycles. The zero-order valence-corrected chi connectivity index (χ0v) is 14.7. The van der Waals surface area contributed by atoms with Crippen LogP contribution in [0.4, 0.5) is 13.2 Å². The molecule has 1 amide bonds. The van der Waals surface area contributed by atoms with E-state index in [9.17, 15) is 18.0 Å². The summed E-state index contributed by atoms with van der Waals surface area (Å²) >= 11 is 0. The predicted octanol–water partition coefficient (Wildman–Crippen LogP) is 4.40. The third-order valence-corrected chi connectivity index (χ3v) is 4.50. The number of benzene rings is 2. The van der Waals surface area contributed by atoms with Crippen LogP contribution in [0, 0.1) is 0 Å². The Morgan fingerprint density at radius 2 is 1.69 bits per heavy atom. The second kappa shape index (κ2) is 8.10. The Kier molecular flexibility index (Phi) is 6.31. The highest BCUT2D eigenvalue weighted by atomic mass is 35.5. The molecule has 3 N–H and O–H groups in total. The van der Waals surface area contributed by atoms with Gasteiger partial charge in [-0.15, -0.1) is 12.4 Å². The van der Waals surface area contributed by atoms with Crippen molar-refractivity contribution in [1.82, 2.24) is 5.32 Å². The Balaban J connectivity index is 0.00000243. The Bertz CT molecular complexity index is 762. The molecule has 7 heteroatoms. The van der Waals surface area contributed by atoms with Crippen LogP contribution >= 0.6 is 12.4 Å². The van der Waals surface area contributed by atoms with Crippen LogP contribution in [-0.4, -0.2) is 18.0 Å². The summed E-state index contributed by atoms with van der Waals surface area (Å²) in [4.78, 5) is 12.2. The molecule has 0 spiro atoms. The molecule has 0 unspecified atom stereocenters. The topological polar surface area (TPSA) is 55.1 Å². The molecule has 1 fully saturated rings. The molecule has 0 aliphatic heterocycles. The van der Waals surface area contributed by atoms with Crippen molar-refractivity contribution in [2.45, 2.75) is 37.5 Å². The lowest BCUT2D eigenvalue weighted by Crippen LogP contribution is -2.34. The number of carbonyl (C=O) groups is 1. The van der Waals surface area contributed by atoms with Gasteiger partial charge in [0, 0.05) is 17.6 Å². The maximum atomic E-state index is 13.1. The Morgan fingerprint density at radius 3 is 2.27 bits per heavy atom. The van der Waals surface area contributed by atoms with Gasteiger partial charge in [0.25, 0.3) is 5.91 Å². The highest BCUT2D eigenvalue weighted by molar-refractivity contribution is 5.95. The molecular weight excluding hydrogens is 365 g/mol. The smallest absolute Gasteiger partial charge is 0.349 e. The number of amides is 1. The maximum absolute atomic E-state index is 13.1. The van der Waals surface area contributed by atoms with Crippen LogP contribution in [0.2, 0.25) is 0 Å². The minimum absolute atomic E-state index is 0. The molecule has 1 aliphatic rings. The van der Waals surface area contributed by atoms with Crippen LogP contribution in [0.15, 0.2) is 48.5 Å². The van der Waals surface area contributed by atoms with E-state index in [0.717, 1.165) is 25.3 Å². The summed E-state index contributed by atoms with van der Waals surface area (Å²) in [5, 5.41) is 2.92. The minimum atomic E-state index is -4.42.